The Morgan fingerprint density at radius 3 is 3.00 bits per heavy atom. The molecule has 1 saturated carbocycles. The van der Waals surface area contributed by atoms with E-state index in [4.69, 9.17) is 10.2 Å². The van der Waals surface area contributed by atoms with Gasteiger partial charge in [-0.1, -0.05) is 6.07 Å². The Labute approximate surface area is 92.4 Å². The lowest BCUT2D eigenvalue weighted by Crippen LogP contribution is -2.37. The molecule has 1 aliphatic rings. The van der Waals surface area contributed by atoms with Gasteiger partial charge >= 0.3 is 5.76 Å². The van der Waals surface area contributed by atoms with Crippen LogP contribution in [0, 0.1) is 5.92 Å². The number of aromatic amines is 1. The normalized spacial score (nSPS) is 24.6. The summed E-state index contributed by atoms with van der Waals surface area (Å²) in [7, 11) is 0. The van der Waals surface area contributed by atoms with Gasteiger partial charge in [0.2, 0.25) is 0 Å². The molecule has 3 rings (SSSR count). The molecule has 0 unspecified atom stereocenters. The van der Waals surface area contributed by atoms with Gasteiger partial charge < -0.3 is 10.2 Å². The highest BCUT2D eigenvalue weighted by atomic mass is 16.4. The molecule has 16 heavy (non-hydrogen) atoms. The lowest BCUT2D eigenvalue weighted by atomic mass is 9.77. The Hall–Kier alpha value is -1.55. The Morgan fingerprint density at radius 1 is 1.44 bits per heavy atom. The van der Waals surface area contributed by atoms with Gasteiger partial charge in [0.05, 0.1) is 5.52 Å². The third kappa shape index (κ3) is 1.65. The van der Waals surface area contributed by atoms with Crippen molar-refractivity contribution >= 4 is 11.1 Å². The summed E-state index contributed by atoms with van der Waals surface area (Å²) in [6.45, 7) is 0. The molecule has 4 nitrogen and oxygen atoms in total. The van der Waals surface area contributed by atoms with E-state index < -0.39 is 5.76 Å². The smallest absolute Gasteiger partial charge is 0.408 e. The average molecular weight is 218 g/mol. The molecular weight excluding hydrogens is 204 g/mol. The van der Waals surface area contributed by atoms with Crippen molar-refractivity contribution in [1.82, 2.24) is 4.98 Å². The SMILES string of the molecule is NC1CC(Cc2ccc3oc(=O)[nH]c3c2)C1. The molecule has 2 aromatic rings. The van der Waals surface area contributed by atoms with Crippen LogP contribution in [0.15, 0.2) is 27.4 Å². The highest BCUT2D eigenvalue weighted by molar-refractivity contribution is 5.72. The van der Waals surface area contributed by atoms with Crippen LogP contribution in [0.5, 0.6) is 0 Å². The fourth-order valence-electron chi connectivity index (χ4n) is 2.41. The molecule has 0 aliphatic heterocycles. The molecular formula is C12H14N2O2. The number of benzene rings is 1. The summed E-state index contributed by atoms with van der Waals surface area (Å²) in [5.41, 5.74) is 8.40. The van der Waals surface area contributed by atoms with Gasteiger partial charge in [-0.3, -0.25) is 4.98 Å². The molecule has 0 spiro atoms. The van der Waals surface area contributed by atoms with Crippen LogP contribution in [0.25, 0.3) is 11.1 Å². The molecule has 1 aromatic heterocycles. The summed E-state index contributed by atoms with van der Waals surface area (Å²) in [4.78, 5) is 13.7. The number of H-pyrrole nitrogens is 1. The first-order valence-corrected chi connectivity index (χ1v) is 5.58. The number of nitrogens with one attached hydrogen (secondary N) is 1. The Morgan fingerprint density at radius 2 is 2.25 bits per heavy atom. The van der Waals surface area contributed by atoms with Crippen LogP contribution in [0.1, 0.15) is 18.4 Å². The molecule has 0 bridgehead atoms. The summed E-state index contributed by atoms with van der Waals surface area (Å²) in [5, 5.41) is 0. The first-order chi connectivity index (χ1) is 7.70. The summed E-state index contributed by atoms with van der Waals surface area (Å²) in [6.07, 6.45) is 3.26. The molecule has 3 N–H and O–H groups in total. The van der Waals surface area contributed by atoms with E-state index in [1.54, 1.807) is 0 Å². The van der Waals surface area contributed by atoms with Crippen molar-refractivity contribution < 1.29 is 4.42 Å². The van der Waals surface area contributed by atoms with Crippen molar-refractivity contribution in [1.29, 1.82) is 0 Å². The van der Waals surface area contributed by atoms with Crippen molar-refractivity contribution in [3.05, 3.63) is 34.3 Å². The molecule has 4 heteroatoms. The molecule has 1 heterocycles. The number of hydrogen-bond donors (Lipinski definition) is 2. The maximum Gasteiger partial charge on any atom is 0.417 e. The topological polar surface area (TPSA) is 72.0 Å². The minimum Gasteiger partial charge on any atom is -0.408 e. The van der Waals surface area contributed by atoms with Crippen LogP contribution in [-0.4, -0.2) is 11.0 Å². The van der Waals surface area contributed by atoms with E-state index in [2.05, 4.69) is 4.98 Å². The molecule has 1 fully saturated rings. The van der Waals surface area contributed by atoms with Gasteiger partial charge in [0.1, 0.15) is 0 Å². The van der Waals surface area contributed by atoms with Crippen LogP contribution in [0.3, 0.4) is 0 Å². The molecule has 1 aliphatic carbocycles. The second kappa shape index (κ2) is 3.49. The Balaban J connectivity index is 1.84. The standard InChI is InChI=1S/C12H14N2O2/c13-9-4-8(5-9)3-7-1-2-11-10(6-7)14-12(15)16-11/h1-2,6,8-9H,3-5,13H2,(H,14,15). The van der Waals surface area contributed by atoms with Crippen LogP contribution in [-0.2, 0) is 6.42 Å². The second-order valence-electron chi connectivity index (χ2n) is 4.65. The van der Waals surface area contributed by atoms with Crippen LogP contribution < -0.4 is 11.5 Å². The van der Waals surface area contributed by atoms with Crippen molar-refractivity contribution in [2.24, 2.45) is 11.7 Å². The van der Waals surface area contributed by atoms with E-state index in [9.17, 15) is 4.79 Å². The van der Waals surface area contributed by atoms with Crippen molar-refractivity contribution in [2.45, 2.75) is 25.3 Å². The van der Waals surface area contributed by atoms with E-state index in [0.717, 1.165) is 24.8 Å². The average Bonchev–Trinajstić information content (AvgIpc) is 2.55. The number of oxazole rings is 1. The van der Waals surface area contributed by atoms with Gasteiger partial charge in [0.15, 0.2) is 5.58 Å². The van der Waals surface area contributed by atoms with Gasteiger partial charge in [-0.2, -0.15) is 0 Å². The quantitative estimate of drug-likeness (QED) is 0.800. The van der Waals surface area contributed by atoms with E-state index in [1.807, 2.05) is 18.2 Å². The van der Waals surface area contributed by atoms with E-state index in [-0.39, 0.29) is 0 Å². The first kappa shape index (κ1) is 9.66. The summed E-state index contributed by atoms with van der Waals surface area (Å²) >= 11 is 0. The second-order valence-corrected chi connectivity index (χ2v) is 4.65. The maximum atomic E-state index is 11.0. The van der Waals surface area contributed by atoms with Crippen molar-refractivity contribution in [3.8, 4) is 0 Å². The van der Waals surface area contributed by atoms with E-state index in [0.29, 0.717) is 17.5 Å². The largest absolute Gasteiger partial charge is 0.417 e. The fourth-order valence-corrected chi connectivity index (χ4v) is 2.41. The van der Waals surface area contributed by atoms with Crippen LogP contribution >= 0.6 is 0 Å². The minimum absolute atomic E-state index is 0.391. The zero-order chi connectivity index (χ0) is 11.1. The van der Waals surface area contributed by atoms with Crippen LogP contribution in [0.4, 0.5) is 0 Å². The molecule has 0 radical (unpaired) electrons. The van der Waals surface area contributed by atoms with E-state index in [1.165, 1.54) is 5.56 Å². The fraction of sp³-hybridized carbons (Fsp3) is 0.417. The number of hydrogen-bond acceptors (Lipinski definition) is 3. The Bertz CT molecular complexity index is 564. The summed E-state index contributed by atoms with van der Waals surface area (Å²) in [6, 6.07) is 6.25. The summed E-state index contributed by atoms with van der Waals surface area (Å²) in [5.74, 6) is 0.309. The number of aromatic nitrogens is 1. The van der Waals surface area contributed by atoms with Gasteiger partial charge in [-0.25, -0.2) is 4.79 Å². The highest BCUT2D eigenvalue weighted by Gasteiger charge is 2.25. The predicted molar refractivity (Wildman–Crippen MR) is 61.2 cm³/mol. The molecule has 0 saturated heterocycles. The monoisotopic (exact) mass is 218 g/mol. The van der Waals surface area contributed by atoms with E-state index >= 15 is 0 Å². The highest BCUT2D eigenvalue weighted by Crippen LogP contribution is 2.29. The number of nitrogens with two attached hydrogens (primary N) is 1. The van der Waals surface area contributed by atoms with Gasteiger partial charge in [-0.05, 0) is 42.9 Å². The molecule has 0 amide bonds. The third-order valence-corrected chi connectivity index (χ3v) is 3.28. The zero-order valence-corrected chi connectivity index (χ0v) is 8.90. The third-order valence-electron chi connectivity index (χ3n) is 3.28. The van der Waals surface area contributed by atoms with Crippen molar-refractivity contribution in [2.75, 3.05) is 0 Å². The lowest BCUT2D eigenvalue weighted by Gasteiger charge is -2.32. The van der Waals surface area contributed by atoms with Gasteiger partial charge in [-0.15, -0.1) is 0 Å². The predicted octanol–water partition coefficient (Wildman–Crippen LogP) is 1.40. The van der Waals surface area contributed by atoms with Gasteiger partial charge in [0.25, 0.3) is 0 Å². The van der Waals surface area contributed by atoms with Crippen LogP contribution in [0.2, 0.25) is 0 Å². The van der Waals surface area contributed by atoms with Gasteiger partial charge in [0, 0.05) is 6.04 Å². The first-order valence-electron chi connectivity index (χ1n) is 5.58. The number of fused-ring (bicyclic) bond motifs is 1. The molecule has 1 aromatic carbocycles. The molecule has 0 atom stereocenters. The molecule has 84 valence electrons. The summed E-state index contributed by atoms with van der Waals surface area (Å²) < 4.78 is 4.95. The zero-order valence-electron chi connectivity index (χ0n) is 8.90. The Kier molecular flexibility index (Phi) is 2.11. The maximum absolute atomic E-state index is 11.0. The van der Waals surface area contributed by atoms with Crippen molar-refractivity contribution in [3.63, 3.8) is 0 Å². The minimum atomic E-state index is -0.391. The lowest BCUT2D eigenvalue weighted by molar-refractivity contribution is 0.264. The number of rotatable bonds is 2.